The monoisotopic (exact) mass is 403 g/mol. The van der Waals surface area contributed by atoms with E-state index >= 15 is 0 Å². The van der Waals surface area contributed by atoms with Crippen LogP contribution in [0.2, 0.25) is 0 Å². The zero-order chi connectivity index (χ0) is 21.6. The lowest BCUT2D eigenvalue weighted by Gasteiger charge is -2.23. The van der Waals surface area contributed by atoms with Crippen molar-refractivity contribution in [1.82, 2.24) is 14.8 Å². The van der Waals surface area contributed by atoms with E-state index in [1.54, 1.807) is 28.9 Å². The maximum Gasteiger partial charge on any atom is 0.259 e. The fourth-order valence-corrected chi connectivity index (χ4v) is 3.91. The quantitative estimate of drug-likeness (QED) is 0.780. The highest BCUT2D eigenvalue weighted by molar-refractivity contribution is 5.99. The summed E-state index contributed by atoms with van der Waals surface area (Å²) in [6, 6.07) is 0.128. The summed E-state index contributed by atoms with van der Waals surface area (Å²) in [5.74, 6) is -0.406. The molecule has 6 heteroatoms. The zero-order valence-corrected chi connectivity index (χ0v) is 18.7. The van der Waals surface area contributed by atoms with Gasteiger partial charge in [-0.25, -0.2) is 0 Å². The number of rotatable bonds is 6. The minimum atomic E-state index is -0.481. The summed E-state index contributed by atoms with van der Waals surface area (Å²) in [7, 11) is 1.70. The first-order valence-corrected chi connectivity index (χ1v) is 11.0. The summed E-state index contributed by atoms with van der Waals surface area (Å²) in [6.45, 7) is 8.53. The molecule has 1 fully saturated rings. The van der Waals surface area contributed by atoms with E-state index in [1.165, 1.54) is 19.3 Å². The summed E-state index contributed by atoms with van der Waals surface area (Å²) in [5.41, 5.74) is -0.359. The molecule has 0 aromatic carbocycles. The van der Waals surface area contributed by atoms with E-state index < -0.39 is 5.43 Å². The Balaban J connectivity index is 2.32. The molecule has 1 aromatic heterocycles. The number of aromatic nitrogens is 1. The van der Waals surface area contributed by atoms with Crippen LogP contribution in [0, 0.1) is 5.92 Å². The second kappa shape index (κ2) is 10.6. The number of amides is 2. The van der Waals surface area contributed by atoms with E-state index in [-0.39, 0.29) is 35.0 Å². The maximum atomic E-state index is 13.1. The fourth-order valence-electron chi connectivity index (χ4n) is 3.91. The van der Waals surface area contributed by atoms with Crippen LogP contribution in [-0.4, -0.2) is 40.9 Å². The van der Waals surface area contributed by atoms with Crippen LogP contribution < -0.4 is 10.7 Å². The van der Waals surface area contributed by atoms with Crippen LogP contribution in [-0.2, 0) is 0 Å². The topological polar surface area (TPSA) is 71.4 Å². The van der Waals surface area contributed by atoms with Gasteiger partial charge in [-0.2, -0.15) is 0 Å². The molecule has 2 rings (SSSR count). The number of nitrogens with one attached hydrogen (secondary N) is 1. The highest BCUT2D eigenvalue weighted by Crippen LogP contribution is 2.17. The Labute approximate surface area is 174 Å². The number of nitrogens with zero attached hydrogens (tertiary/aromatic N) is 2. The third-order valence-corrected chi connectivity index (χ3v) is 5.54. The van der Waals surface area contributed by atoms with Gasteiger partial charge in [-0.15, -0.1) is 0 Å². The van der Waals surface area contributed by atoms with Crippen molar-refractivity contribution in [2.24, 2.45) is 5.92 Å². The van der Waals surface area contributed by atoms with Crippen LogP contribution in [0.1, 0.15) is 99.4 Å². The summed E-state index contributed by atoms with van der Waals surface area (Å²) >= 11 is 0. The van der Waals surface area contributed by atoms with Crippen LogP contribution in [0.5, 0.6) is 0 Å². The lowest BCUT2D eigenvalue weighted by Crippen LogP contribution is -2.40. The van der Waals surface area contributed by atoms with Gasteiger partial charge in [-0.1, -0.05) is 46.0 Å². The molecule has 0 bridgehead atoms. The molecular weight excluding hydrogens is 366 g/mol. The average Bonchev–Trinajstić information content (AvgIpc) is 2.62. The third-order valence-electron chi connectivity index (χ3n) is 5.54. The van der Waals surface area contributed by atoms with Crippen molar-refractivity contribution in [3.63, 3.8) is 0 Å². The van der Waals surface area contributed by atoms with Crippen molar-refractivity contribution in [1.29, 1.82) is 0 Å². The van der Waals surface area contributed by atoms with Crippen molar-refractivity contribution in [3.05, 3.63) is 33.7 Å². The van der Waals surface area contributed by atoms with E-state index in [0.717, 1.165) is 25.7 Å². The second-order valence-electron chi connectivity index (χ2n) is 9.05. The molecule has 0 spiro atoms. The van der Waals surface area contributed by atoms with E-state index in [1.807, 2.05) is 27.7 Å². The van der Waals surface area contributed by atoms with Gasteiger partial charge in [0.1, 0.15) is 11.1 Å². The van der Waals surface area contributed by atoms with Crippen LogP contribution >= 0.6 is 0 Å². The Morgan fingerprint density at radius 1 is 1.03 bits per heavy atom. The van der Waals surface area contributed by atoms with E-state index in [4.69, 9.17) is 0 Å². The summed E-state index contributed by atoms with van der Waals surface area (Å²) in [5, 5.41) is 3.06. The Morgan fingerprint density at radius 3 is 2.14 bits per heavy atom. The molecule has 29 heavy (non-hydrogen) atoms. The van der Waals surface area contributed by atoms with Gasteiger partial charge < -0.3 is 14.8 Å². The predicted octanol–water partition coefficient (Wildman–Crippen LogP) is 4.00. The smallest absolute Gasteiger partial charge is 0.259 e. The lowest BCUT2D eigenvalue weighted by atomic mass is 9.96. The van der Waals surface area contributed by atoms with Crippen LogP contribution in [0.15, 0.2) is 17.2 Å². The molecule has 1 saturated carbocycles. The molecule has 6 nitrogen and oxygen atoms in total. The van der Waals surface area contributed by atoms with Gasteiger partial charge in [0.25, 0.3) is 11.8 Å². The largest absolute Gasteiger partial charge is 0.350 e. The Hall–Kier alpha value is -2.11. The molecule has 0 atom stereocenters. The van der Waals surface area contributed by atoms with E-state index in [2.05, 4.69) is 5.32 Å². The summed E-state index contributed by atoms with van der Waals surface area (Å²) < 4.78 is 1.78. The standard InChI is InChI=1S/C23H37N3O3/c1-16(2)13-25(5)23(29)20-15-26(17(3)4)14-19(21(20)27)22(28)24-18-11-9-7-6-8-10-12-18/h14-18H,6-13H2,1-5H3,(H,24,28). The van der Waals surface area contributed by atoms with Crippen molar-refractivity contribution >= 4 is 11.8 Å². The van der Waals surface area contributed by atoms with Crippen molar-refractivity contribution in [2.45, 2.75) is 84.7 Å². The number of hydrogen-bond donors (Lipinski definition) is 1. The third kappa shape index (κ3) is 6.44. The molecule has 1 aliphatic carbocycles. The Kier molecular flexibility index (Phi) is 8.47. The second-order valence-corrected chi connectivity index (χ2v) is 9.05. The number of carbonyl (C=O) groups excluding carboxylic acids is 2. The average molecular weight is 404 g/mol. The molecule has 1 aliphatic rings. The van der Waals surface area contributed by atoms with Crippen molar-refractivity contribution < 1.29 is 9.59 Å². The molecule has 1 aromatic rings. The highest BCUT2D eigenvalue weighted by atomic mass is 16.2. The zero-order valence-electron chi connectivity index (χ0n) is 18.7. The van der Waals surface area contributed by atoms with Crippen molar-refractivity contribution in [3.8, 4) is 0 Å². The van der Waals surface area contributed by atoms with Crippen LogP contribution in [0.3, 0.4) is 0 Å². The van der Waals surface area contributed by atoms with Crippen LogP contribution in [0.25, 0.3) is 0 Å². The number of carbonyl (C=O) groups is 2. The normalized spacial score (nSPS) is 15.8. The fraction of sp³-hybridized carbons (Fsp3) is 0.696. The number of hydrogen-bond acceptors (Lipinski definition) is 3. The maximum absolute atomic E-state index is 13.1. The molecule has 0 saturated heterocycles. The molecule has 0 aliphatic heterocycles. The van der Waals surface area contributed by atoms with Gasteiger partial charge in [-0.05, 0) is 32.6 Å². The Bertz CT molecular complexity index is 759. The molecule has 1 N–H and O–H groups in total. The van der Waals surface area contributed by atoms with Crippen molar-refractivity contribution in [2.75, 3.05) is 13.6 Å². The molecule has 0 radical (unpaired) electrons. The van der Waals surface area contributed by atoms with Gasteiger partial charge in [-0.3, -0.25) is 14.4 Å². The first-order valence-electron chi connectivity index (χ1n) is 11.0. The first kappa shape index (κ1) is 23.2. The van der Waals surface area contributed by atoms with Gasteiger partial charge in [0, 0.05) is 38.1 Å². The molecule has 162 valence electrons. The van der Waals surface area contributed by atoms with Gasteiger partial charge in [0.2, 0.25) is 5.43 Å². The van der Waals surface area contributed by atoms with E-state index in [9.17, 15) is 14.4 Å². The van der Waals surface area contributed by atoms with E-state index in [0.29, 0.717) is 12.5 Å². The lowest BCUT2D eigenvalue weighted by molar-refractivity contribution is 0.0777. The van der Waals surface area contributed by atoms with Gasteiger partial charge in [0.05, 0.1) is 0 Å². The number of pyridine rings is 1. The van der Waals surface area contributed by atoms with Gasteiger partial charge >= 0.3 is 0 Å². The summed E-state index contributed by atoms with van der Waals surface area (Å²) in [6.07, 6.45) is 10.9. The molecular formula is C23H37N3O3. The molecule has 2 amide bonds. The predicted molar refractivity (Wildman–Crippen MR) is 116 cm³/mol. The molecule has 1 heterocycles. The minimum Gasteiger partial charge on any atom is -0.350 e. The van der Waals surface area contributed by atoms with Crippen LogP contribution in [0.4, 0.5) is 0 Å². The summed E-state index contributed by atoms with van der Waals surface area (Å²) in [4.78, 5) is 40.5. The first-order chi connectivity index (χ1) is 13.7. The SMILES string of the molecule is CC(C)CN(C)C(=O)c1cn(C(C)C)cc(C(=O)NC2CCCCCCC2)c1=O. The minimum absolute atomic E-state index is 0.0329. The molecule has 0 unspecified atom stereocenters. The Morgan fingerprint density at radius 2 is 1.59 bits per heavy atom. The van der Waals surface area contributed by atoms with Gasteiger partial charge in [0.15, 0.2) is 0 Å². The highest BCUT2D eigenvalue weighted by Gasteiger charge is 2.24.